The first kappa shape index (κ1) is 15.1. The second-order valence-electron chi connectivity index (χ2n) is 6.12. The number of ether oxygens (including phenoxy) is 2. The molecule has 2 aromatic rings. The third-order valence-corrected chi connectivity index (χ3v) is 4.43. The monoisotopic (exact) mass is 301 g/mol. The van der Waals surface area contributed by atoms with Gasteiger partial charge in [-0.25, -0.2) is 0 Å². The highest BCUT2D eigenvalue weighted by Crippen LogP contribution is 2.42. The Hall–Kier alpha value is -1.81. The SMILES string of the molecule is CCCC1(OC(C)=O)OCCc2c1[nH]c1c(C)ccc(C)c21. The van der Waals surface area contributed by atoms with Gasteiger partial charge in [-0.3, -0.25) is 4.79 Å². The van der Waals surface area contributed by atoms with E-state index >= 15 is 0 Å². The minimum absolute atomic E-state index is 0.312. The topological polar surface area (TPSA) is 51.3 Å². The van der Waals surface area contributed by atoms with Crippen molar-refractivity contribution in [2.75, 3.05) is 6.61 Å². The molecule has 0 amide bonds. The van der Waals surface area contributed by atoms with Crippen molar-refractivity contribution in [1.29, 1.82) is 0 Å². The molecule has 0 fully saturated rings. The predicted molar refractivity (Wildman–Crippen MR) is 85.8 cm³/mol. The number of aryl methyl sites for hydroxylation is 2. The number of hydrogen-bond donors (Lipinski definition) is 1. The maximum absolute atomic E-state index is 11.6. The van der Waals surface area contributed by atoms with Crippen molar-refractivity contribution < 1.29 is 14.3 Å². The van der Waals surface area contributed by atoms with Gasteiger partial charge in [0.25, 0.3) is 5.79 Å². The van der Waals surface area contributed by atoms with E-state index in [9.17, 15) is 4.79 Å². The van der Waals surface area contributed by atoms with Crippen molar-refractivity contribution in [1.82, 2.24) is 4.98 Å². The van der Waals surface area contributed by atoms with E-state index in [1.54, 1.807) is 0 Å². The van der Waals surface area contributed by atoms with Crippen LogP contribution < -0.4 is 0 Å². The molecule has 0 bridgehead atoms. The van der Waals surface area contributed by atoms with Crippen LogP contribution in [0.1, 0.15) is 49.1 Å². The lowest BCUT2D eigenvalue weighted by Crippen LogP contribution is -2.39. The third kappa shape index (κ3) is 2.22. The van der Waals surface area contributed by atoms with Crippen molar-refractivity contribution in [3.05, 3.63) is 34.5 Å². The number of esters is 1. The molecule has 1 atom stereocenters. The Morgan fingerprint density at radius 2 is 2.09 bits per heavy atom. The summed E-state index contributed by atoms with van der Waals surface area (Å²) < 4.78 is 11.6. The second kappa shape index (κ2) is 5.43. The Morgan fingerprint density at radius 1 is 1.36 bits per heavy atom. The van der Waals surface area contributed by atoms with E-state index in [0.717, 1.165) is 24.1 Å². The van der Waals surface area contributed by atoms with Crippen molar-refractivity contribution >= 4 is 16.9 Å². The maximum atomic E-state index is 11.6. The lowest BCUT2D eigenvalue weighted by Gasteiger charge is -2.36. The molecule has 0 spiro atoms. The number of fused-ring (bicyclic) bond motifs is 3. The summed E-state index contributed by atoms with van der Waals surface area (Å²) in [5.74, 6) is -1.28. The lowest BCUT2D eigenvalue weighted by atomic mass is 9.94. The number of carbonyl (C=O) groups excluding carboxylic acids is 1. The first-order valence-corrected chi connectivity index (χ1v) is 7.93. The Bertz CT molecular complexity index is 731. The minimum Gasteiger partial charge on any atom is -0.427 e. The smallest absolute Gasteiger partial charge is 0.305 e. The van der Waals surface area contributed by atoms with Crippen LogP contribution in [0.5, 0.6) is 0 Å². The summed E-state index contributed by atoms with van der Waals surface area (Å²) in [6, 6.07) is 4.27. The van der Waals surface area contributed by atoms with Crippen molar-refractivity contribution in [3.8, 4) is 0 Å². The summed E-state index contributed by atoms with van der Waals surface area (Å²) in [4.78, 5) is 15.1. The molecule has 118 valence electrons. The number of aromatic nitrogens is 1. The van der Waals surface area contributed by atoms with Crippen LogP contribution in [0.3, 0.4) is 0 Å². The molecule has 4 heteroatoms. The van der Waals surface area contributed by atoms with Gasteiger partial charge in [0.2, 0.25) is 0 Å². The van der Waals surface area contributed by atoms with E-state index in [1.165, 1.54) is 29.0 Å². The number of nitrogens with one attached hydrogen (secondary N) is 1. The molecule has 1 aromatic carbocycles. The average Bonchev–Trinajstić information content (AvgIpc) is 2.85. The molecule has 0 aliphatic carbocycles. The first-order chi connectivity index (χ1) is 10.5. The Kier molecular flexibility index (Phi) is 3.73. The van der Waals surface area contributed by atoms with Gasteiger partial charge < -0.3 is 14.5 Å². The Balaban J connectivity index is 2.27. The summed E-state index contributed by atoms with van der Waals surface area (Å²) in [6.45, 7) is 8.30. The van der Waals surface area contributed by atoms with E-state index < -0.39 is 5.79 Å². The quantitative estimate of drug-likeness (QED) is 0.875. The average molecular weight is 301 g/mol. The van der Waals surface area contributed by atoms with Crippen LogP contribution in [0.15, 0.2) is 12.1 Å². The van der Waals surface area contributed by atoms with E-state index in [0.29, 0.717) is 13.0 Å². The zero-order valence-corrected chi connectivity index (χ0v) is 13.7. The second-order valence-corrected chi connectivity index (χ2v) is 6.12. The number of rotatable bonds is 3. The summed E-state index contributed by atoms with van der Waals surface area (Å²) >= 11 is 0. The highest BCUT2D eigenvalue weighted by atomic mass is 16.7. The molecule has 2 heterocycles. The molecule has 0 saturated carbocycles. The van der Waals surface area contributed by atoms with Crippen LogP contribution in [0.25, 0.3) is 10.9 Å². The molecule has 1 aliphatic heterocycles. The van der Waals surface area contributed by atoms with Gasteiger partial charge in [-0.15, -0.1) is 0 Å². The van der Waals surface area contributed by atoms with Gasteiger partial charge in [0.1, 0.15) is 0 Å². The van der Waals surface area contributed by atoms with Crippen molar-refractivity contribution in [3.63, 3.8) is 0 Å². The zero-order chi connectivity index (χ0) is 15.9. The molecule has 3 rings (SSSR count). The summed E-state index contributed by atoms with van der Waals surface area (Å²) in [7, 11) is 0. The molecule has 1 N–H and O–H groups in total. The molecular formula is C18H23NO3. The van der Waals surface area contributed by atoms with Crippen LogP contribution in [-0.2, 0) is 26.5 Å². The molecule has 0 radical (unpaired) electrons. The Labute approximate surface area is 130 Å². The van der Waals surface area contributed by atoms with Gasteiger partial charge >= 0.3 is 5.97 Å². The molecule has 22 heavy (non-hydrogen) atoms. The standard InChI is InChI=1S/C18H23NO3/c1-5-9-18(22-13(4)20)17-14(8-10-21-18)15-11(2)6-7-12(3)16(15)19-17/h6-7,19H,5,8-10H2,1-4H3. The molecular weight excluding hydrogens is 278 g/mol. The fourth-order valence-electron chi connectivity index (χ4n) is 3.54. The Morgan fingerprint density at radius 3 is 2.77 bits per heavy atom. The van der Waals surface area contributed by atoms with Crippen LogP contribution in [-0.4, -0.2) is 17.6 Å². The van der Waals surface area contributed by atoms with Crippen LogP contribution in [0, 0.1) is 13.8 Å². The number of benzene rings is 1. The molecule has 1 aromatic heterocycles. The highest BCUT2D eigenvalue weighted by molar-refractivity contribution is 5.90. The van der Waals surface area contributed by atoms with Gasteiger partial charge in [0, 0.05) is 24.2 Å². The van der Waals surface area contributed by atoms with Gasteiger partial charge in [0.05, 0.1) is 12.3 Å². The van der Waals surface area contributed by atoms with Crippen LogP contribution in [0.4, 0.5) is 0 Å². The summed E-state index contributed by atoms with van der Waals surface area (Å²) in [5, 5.41) is 1.26. The minimum atomic E-state index is -0.966. The predicted octanol–water partition coefficient (Wildman–Crippen LogP) is 3.87. The van der Waals surface area contributed by atoms with Crippen LogP contribution in [0.2, 0.25) is 0 Å². The third-order valence-electron chi connectivity index (χ3n) is 4.43. The van der Waals surface area contributed by atoms with E-state index in [1.807, 2.05) is 0 Å². The van der Waals surface area contributed by atoms with Gasteiger partial charge in [-0.05, 0) is 43.4 Å². The highest BCUT2D eigenvalue weighted by Gasteiger charge is 2.43. The fraction of sp³-hybridized carbons (Fsp3) is 0.500. The van der Waals surface area contributed by atoms with E-state index in [-0.39, 0.29) is 5.97 Å². The van der Waals surface area contributed by atoms with Crippen molar-refractivity contribution in [2.24, 2.45) is 0 Å². The number of carbonyl (C=O) groups is 1. The summed E-state index contributed by atoms with van der Waals surface area (Å²) in [6.07, 6.45) is 2.37. The molecule has 1 unspecified atom stereocenters. The van der Waals surface area contributed by atoms with Gasteiger partial charge in [-0.1, -0.05) is 19.1 Å². The number of aromatic amines is 1. The largest absolute Gasteiger partial charge is 0.427 e. The lowest BCUT2D eigenvalue weighted by molar-refractivity contribution is -0.247. The first-order valence-electron chi connectivity index (χ1n) is 7.93. The van der Waals surface area contributed by atoms with Crippen molar-refractivity contribution in [2.45, 2.75) is 52.7 Å². The van der Waals surface area contributed by atoms with Crippen LogP contribution >= 0.6 is 0 Å². The molecule has 4 nitrogen and oxygen atoms in total. The fourth-order valence-corrected chi connectivity index (χ4v) is 3.54. The molecule has 1 aliphatic rings. The van der Waals surface area contributed by atoms with Gasteiger partial charge in [-0.2, -0.15) is 0 Å². The number of hydrogen-bond acceptors (Lipinski definition) is 3. The maximum Gasteiger partial charge on any atom is 0.305 e. The molecule has 0 saturated heterocycles. The zero-order valence-electron chi connectivity index (χ0n) is 13.7. The van der Waals surface area contributed by atoms with E-state index in [2.05, 4.69) is 37.9 Å². The van der Waals surface area contributed by atoms with Gasteiger partial charge in [0.15, 0.2) is 0 Å². The summed E-state index contributed by atoms with van der Waals surface area (Å²) in [5.41, 5.74) is 5.72. The normalized spacial score (nSPS) is 20.9. The van der Waals surface area contributed by atoms with E-state index in [4.69, 9.17) is 9.47 Å². The number of H-pyrrole nitrogens is 1.